The van der Waals surface area contributed by atoms with Gasteiger partial charge in [-0.25, -0.2) is 0 Å². The SMILES string of the molecule is c1ccc(-c2ccc(-n3c4ccccc4c4c5ccc(-c6ccc7c(ccc8c7c7ccccc7n8-c7ccccc7)c6)cc5ccc43)cc2)cc1. The van der Waals surface area contributed by atoms with Gasteiger partial charge in [0.15, 0.2) is 0 Å². The van der Waals surface area contributed by atoms with Gasteiger partial charge >= 0.3 is 0 Å². The number of aromatic nitrogens is 2. The van der Waals surface area contributed by atoms with Gasteiger partial charge in [-0.05, 0) is 104 Å². The lowest BCUT2D eigenvalue weighted by Crippen LogP contribution is -1.93. The van der Waals surface area contributed by atoms with Gasteiger partial charge in [-0.1, -0.05) is 133 Å². The number of rotatable bonds is 4. The zero-order chi connectivity index (χ0) is 34.2. The van der Waals surface area contributed by atoms with Gasteiger partial charge in [0, 0.05) is 32.9 Å². The molecule has 2 heterocycles. The van der Waals surface area contributed by atoms with Crippen LogP contribution in [0.25, 0.3) is 98.8 Å². The Bertz CT molecular complexity index is 3150. The second kappa shape index (κ2) is 11.3. The second-order valence-electron chi connectivity index (χ2n) is 13.7. The van der Waals surface area contributed by atoms with E-state index < -0.39 is 0 Å². The summed E-state index contributed by atoms with van der Waals surface area (Å²) in [5, 5.41) is 10.2. The highest BCUT2D eigenvalue weighted by Gasteiger charge is 2.17. The summed E-state index contributed by atoms with van der Waals surface area (Å²) in [5.74, 6) is 0. The molecule has 0 spiro atoms. The van der Waals surface area contributed by atoms with Crippen molar-refractivity contribution in [1.82, 2.24) is 9.13 Å². The number of para-hydroxylation sites is 3. The van der Waals surface area contributed by atoms with E-state index in [4.69, 9.17) is 0 Å². The van der Waals surface area contributed by atoms with Crippen LogP contribution in [-0.4, -0.2) is 9.13 Å². The normalized spacial score (nSPS) is 11.8. The van der Waals surface area contributed by atoms with Gasteiger partial charge in [0.05, 0.1) is 22.1 Å². The van der Waals surface area contributed by atoms with Crippen LogP contribution in [0.3, 0.4) is 0 Å². The number of nitrogens with zero attached hydrogens (tertiary/aromatic N) is 2. The quantitative estimate of drug-likeness (QED) is 0.178. The monoisotopic (exact) mass is 660 g/mol. The van der Waals surface area contributed by atoms with E-state index in [9.17, 15) is 0 Å². The highest BCUT2D eigenvalue weighted by molar-refractivity contribution is 6.23. The summed E-state index contributed by atoms with van der Waals surface area (Å²) in [6.07, 6.45) is 0. The lowest BCUT2D eigenvalue weighted by atomic mass is 9.95. The van der Waals surface area contributed by atoms with Gasteiger partial charge in [-0.2, -0.15) is 0 Å². The Balaban J connectivity index is 1.04. The van der Waals surface area contributed by atoms with Gasteiger partial charge in [0.1, 0.15) is 0 Å². The van der Waals surface area contributed by atoms with Crippen LogP contribution in [0.2, 0.25) is 0 Å². The van der Waals surface area contributed by atoms with Crippen LogP contribution >= 0.6 is 0 Å². The first-order chi connectivity index (χ1) is 25.8. The molecule has 0 aliphatic carbocycles. The molecule has 242 valence electrons. The highest BCUT2D eigenvalue weighted by Crippen LogP contribution is 2.41. The van der Waals surface area contributed by atoms with Crippen LogP contribution in [0.15, 0.2) is 194 Å². The molecule has 2 heteroatoms. The fourth-order valence-electron chi connectivity index (χ4n) is 8.52. The van der Waals surface area contributed by atoms with Crippen molar-refractivity contribution in [2.45, 2.75) is 0 Å². The molecule has 0 amide bonds. The Morgan fingerprint density at radius 1 is 0.250 bits per heavy atom. The first-order valence-electron chi connectivity index (χ1n) is 17.9. The maximum absolute atomic E-state index is 2.41. The molecule has 0 radical (unpaired) electrons. The summed E-state index contributed by atoms with van der Waals surface area (Å²) >= 11 is 0. The van der Waals surface area contributed by atoms with E-state index >= 15 is 0 Å². The minimum absolute atomic E-state index is 1.17. The molecule has 0 bridgehead atoms. The van der Waals surface area contributed by atoms with Gasteiger partial charge in [0.25, 0.3) is 0 Å². The average Bonchev–Trinajstić information content (AvgIpc) is 3.75. The molecule has 52 heavy (non-hydrogen) atoms. The molecular weight excluding hydrogens is 629 g/mol. The van der Waals surface area contributed by atoms with Crippen LogP contribution < -0.4 is 0 Å². The Hall–Kier alpha value is -6.90. The minimum Gasteiger partial charge on any atom is -0.309 e. The van der Waals surface area contributed by atoms with E-state index in [1.807, 2.05) is 0 Å². The number of hydrogen-bond acceptors (Lipinski definition) is 0. The summed E-state index contributed by atoms with van der Waals surface area (Å²) in [6, 6.07) is 70.9. The molecule has 0 aliphatic rings. The molecule has 0 fully saturated rings. The zero-order valence-corrected chi connectivity index (χ0v) is 28.4. The average molecular weight is 661 g/mol. The summed E-state index contributed by atoms with van der Waals surface area (Å²) in [5.41, 5.74) is 12.1. The third-order valence-corrected chi connectivity index (χ3v) is 10.9. The van der Waals surface area contributed by atoms with Crippen molar-refractivity contribution in [2.75, 3.05) is 0 Å². The molecular formula is C50H32N2. The smallest absolute Gasteiger partial charge is 0.0547 e. The Kier molecular flexibility index (Phi) is 6.28. The van der Waals surface area contributed by atoms with E-state index in [0.29, 0.717) is 0 Å². The van der Waals surface area contributed by atoms with Crippen LogP contribution in [0.5, 0.6) is 0 Å². The maximum Gasteiger partial charge on any atom is 0.0547 e. The minimum atomic E-state index is 1.17. The maximum atomic E-state index is 2.41. The molecule has 0 N–H and O–H groups in total. The molecule has 0 unspecified atom stereocenters. The van der Waals surface area contributed by atoms with E-state index in [2.05, 4.69) is 203 Å². The summed E-state index contributed by atoms with van der Waals surface area (Å²) in [4.78, 5) is 0. The molecule has 2 nitrogen and oxygen atoms in total. The van der Waals surface area contributed by atoms with Crippen molar-refractivity contribution in [3.63, 3.8) is 0 Å². The van der Waals surface area contributed by atoms with Gasteiger partial charge in [-0.15, -0.1) is 0 Å². The summed E-state index contributed by atoms with van der Waals surface area (Å²) < 4.78 is 4.80. The molecule has 11 rings (SSSR count). The highest BCUT2D eigenvalue weighted by atomic mass is 15.0. The molecule has 0 saturated heterocycles. The predicted molar refractivity (Wildman–Crippen MR) is 221 cm³/mol. The molecule has 11 aromatic rings. The van der Waals surface area contributed by atoms with Crippen molar-refractivity contribution in [2.24, 2.45) is 0 Å². The van der Waals surface area contributed by atoms with E-state index in [0.717, 1.165) is 0 Å². The van der Waals surface area contributed by atoms with Gasteiger partial charge < -0.3 is 9.13 Å². The Morgan fingerprint density at radius 2 is 0.673 bits per heavy atom. The molecule has 2 aromatic heterocycles. The van der Waals surface area contributed by atoms with Crippen molar-refractivity contribution in [1.29, 1.82) is 0 Å². The molecule has 9 aromatic carbocycles. The van der Waals surface area contributed by atoms with Crippen molar-refractivity contribution in [3.8, 4) is 33.6 Å². The van der Waals surface area contributed by atoms with Crippen molar-refractivity contribution in [3.05, 3.63) is 194 Å². The largest absolute Gasteiger partial charge is 0.309 e. The molecule has 0 atom stereocenters. The van der Waals surface area contributed by atoms with Crippen molar-refractivity contribution >= 4 is 65.2 Å². The lowest BCUT2D eigenvalue weighted by molar-refractivity contribution is 1.18. The third kappa shape index (κ3) is 4.31. The van der Waals surface area contributed by atoms with E-state index in [-0.39, 0.29) is 0 Å². The number of benzene rings is 9. The lowest BCUT2D eigenvalue weighted by Gasteiger charge is -2.11. The molecule has 0 aliphatic heterocycles. The Labute approximate surface area is 301 Å². The van der Waals surface area contributed by atoms with Gasteiger partial charge in [0.2, 0.25) is 0 Å². The number of fused-ring (bicyclic) bond motifs is 10. The zero-order valence-electron chi connectivity index (χ0n) is 28.4. The van der Waals surface area contributed by atoms with Gasteiger partial charge in [-0.3, -0.25) is 0 Å². The second-order valence-corrected chi connectivity index (χ2v) is 13.7. The first kappa shape index (κ1) is 28.9. The summed E-state index contributed by atoms with van der Waals surface area (Å²) in [6.45, 7) is 0. The fourth-order valence-corrected chi connectivity index (χ4v) is 8.52. The van der Waals surface area contributed by atoms with Crippen LogP contribution in [-0.2, 0) is 0 Å². The standard InChI is InChI=1S/C50H32N2/c1-3-11-33(12-4-1)34-19-25-40(26-20-34)52-46-18-10-8-16-44(46)50-42-28-22-36(32-38(42)24-30-48(50)52)35-21-27-41-37(31-35)23-29-47-49(41)43-15-7-9-17-45(43)51(47)39-13-5-2-6-14-39/h1-32H. The van der Waals surface area contributed by atoms with E-state index in [1.54, 1.807) is 0 Å². The number of hydrogen-bond donors (Lipinski definition) is 0. The van der Waals surface area contributed by atoms with E-state index in [1.165, 1.54) is 98.8 Å². The van der Waals surface area contributed by atoms with Crippen molar-refractivity contribution < 1.29 is 0 Å². The fraction of sp³-hybridized carbons (Fsp3) is 0. The van der Waals surface area contributed by atoms with Crippen LogP contribution in [0, 0.1) is 0 Å². The Morgan fingerprint density at radius 3 is 1.21 bits per heavy atom. The predicted octanol–water partition coefficient (Wildman–Crippen LogP) is 13.5. The first-order valence-corrected chi connectivity index (χ1v) is 17.9. The van der Waals surface area contributed by atoms with Crippen LogP contribution in [0.4, 0.5) is 0 Å². The van der Waals surface area contributed by atoms with Crippen LogP contribution in [0.1, 0.15) is 0 Å². The molecule has 0 saturated carbocycles. The topological polar surface area (TPSA) is 9.86 Å². The summed E-state index contributed by atoms with van der Waals surface area (Å²) in [7, 11) is 0. The third-order valence-electron chi connectivity index (χ3n) is 10.9.